The van der Waals surface area contributed by atoms with Crippen LogP contribution in [0, 0.1) is 0 Å². The molecular weight excluding hydrogens is 355 g/mol. The van der Waals surface area contributed by atoms with Gasteiger partial charge in [-0.25, -0.2) is 0 Å². The Morgan fingerprint density at radius 1 is 1.00 bits per heavy atom. The van der Waals surface area contributed by atoms with E-state index in [9.17, 15) is 4.79 Å². The summed E-state index contributed by atoms with van der Waals surface area (Å²) < 4.78 is 0. The molecule has 0 spiro atoms. The van der Waals surface area contributed by atoms with Crippen LogP contribution in [0.1, 0.15) is 54.2 Å². The van der Waals surface area contributed by atoms with Crippen LogP contribution < -0.4 is 5.32 Å². The fourth-order valence-electron chi connectivity index (χ4n) is 3.96. The molecule has 130 valence electrons. The number of hydrogen-bond donors (Lipinski definition) is 1. The SMILES string of the molecule is O=C1c2ccccc2NC(c2ccc(Cl)cc2Cl)N1C1CCCCC1. The first-order valence-corrected chi connectivity index (χ1v) is 9.54. The average molecular weight is 375 g/mol. The lowest BCUT2D eigenvalue weighted by atomic mass is 9.91. The first-order valence-electron chi connectivity index (χ1n) is 8.78. The van der Waals surface area contributed by atoms with Crippen molar-refractivity contribution in [2.45, 2.75) is 44.3 Å². The number of benzene rings is 2. The molecule has 1 aliphatic carbocycles. The number of hydrogen-bond acceptors (Lipinski definition) is 2. The van der Waals surface area contributed by atoms with Crippen molar-refractivity contribution in [3.05, 3.63) is 63.6 Å². The average Bonchev–Trinajstić information content (AvgIpc) is 2.62. The molecule has 1 unspecified atom stereocenters. The second-order valence-corrected chi connectivity index (χ2v) is 7.61. The van der Waals surface area contributed by atoms with Crippen molar-refractivity contribution in [1.82, 2.24) is 4.90 Å². The van der Waals surface area contributed by atoms with E-state index in [1.54, 1.807) is 6.07 Å². The number of para-hydroxylation sites is 1. The number of fused-ring (bicyclic) bond motifs is 1. The highest BCUT2D eigenvalue weighted by Gasteiger charge is 2.38. The lowest BCUT2D eigenvalue weighted by Gasteiger charge is -2.44. The van der Waals surface area contributed by atoms with E-state index in [0.29, 0.717) is 10.0 Å². The molecule has 4 rings (SSSR count). The van der Waals surface area contributed by atoms with Crippen LogP contribution in [0.2, 0.25) is 10.0 Å². The van der Waals surface area contributed by atoms with Crippen molar-refractivity contribution in [2.24, 2.45) is 0 Å². The summed E-state index contributed by atoms with van der Waals surface area (Å²) in [5, 5.41) is 4.71. The lowest BCUT2D eigenvalue weighted by molar-refractivity contribution is 0.0524. The molecule has 2 aromatic carbocycles. The number of amides is 1. The number of rotatable bonds is 2. The fourth-order valence-corrected chi connectivity index (χ4v) is 4.47. The molecule has 2 aromatic rings. The van der Waals surface area contributed by atoms with Crippen LogP contribution in [-0.2, 0) is 0 Å². The fraction of sp³-hybridized carbons (Fsp3) is 0.350. The van der Waals surface area contributed by atoms with Crippen molar-refractivity contribution < 1.29 is 4.79 Å². The van der Waals surface area contributed by atoms with Gasteiger partial charge in [0.2, 0.25) is 0 Å². The standard InChI is InChI=1S/C20H20Cl2N2O/c21-13-10-11-15(17(22)12-13)19-23-18-9-5-4-8-16(18)20(25)24(19)14-6-2-1-3-7-14/h4-5,8-12,14,19,23H,1-3,6-7H2. The van der Waals surface area contributed by atoms with Crippen molar-refractivity contribution in [3.8, 4) is 0 Å². The summed E-state index contributed by atoms with van der Waals surface area (Å²) in [5.74, 6) is 0.0808. The molecule has 0 bridgehead atoms. The van der Waals surface area contributed by atoms with E-state index in [0.717, 1.165) is 42.5 Å². The van der Waals surface area contributed by atoms with Gasteiger partial charge in [-0.15, -0.1) is 0 Å². The van der Waals surface area contributed by atoms with Gasteiger partial charge >= 0.3 is 0 Å². The van der Waals surface area contributed by atoms with Crippen LogP contribution in [0.3, 0.4) is 0 Å². The molecule has 1 fully saturated rings. The maximum Gasteiger partial charge on any atom is 0.258 e. The minimum absolute atomic E-state index is 0.0808. The second-order valence-electron chi connectivity index (χ2n) is 6.76. The molecule has 25 heavy (non-hydrogen) atoms. The number of anilines is 1. The zero-order valence-electron chi connectivity index (χ0n) is 13.8. The molecule has 0 saturated heterocycles. The quantitative estimate of drug-likeness (QED) is 0.710. The van der Waals surface area contributed by atoms with Crippen molar-refractivity contribution in [3.63, 3.8) is 0 Å². The summed E-state index contributed by atoms with van der Waals surface area (Å²) in [6.07, 6.45) is 5.38. The molecule has 3 nitrogen and oxygen atoms in total. The molecule has 1 N–H and O–H groups in total. The van der Waals surface area contributed by atoms with Gasteiger partial charge in [-0.05, 0) is 37.1 Å². The molecular formula is C20H20Cl2N2O. The summed E-state index contributed by atoms with van der Waals surface area (Å²) in [5.41, 5.74) is 2.48. The van der Waals surface area contributed by atoms with Crippen molar-refractivity contribution in [2.75, 3.05) is 5.32 Å². The molecule has 1 amide bonds. The van der Waals surface area contributed by atoms with Crippen LogP contribution in [-0.4, -0.2) is 16.8 Å². The minimum atomic E-state index is -0.268. The van der Waals surface area contributed by atoms with Gasteiger partial charge in [0.25, 0.3) is 5.91 Å². The molecule has 2 aliphatic rings. The third-order valence-corrected chi connectivity index (χ3v) is 5.75. The normalized spacial score (nSPS) is 21.0. The van der Waals surface area contributed by atoms with Gasteiger partial charge < -0.3 is 10.2 Å². The summed E-state index contributed by atoms with van der Waals surface area (Å²) in [4.78, 5) is 15.3. The molecule has 0 radical (unpaired) electrons. The van der Waals surface area contributed by atoms with E-state index in [2.05, 4.69) is 5.32 Å². The van der Waals surface area contributed by atoms with E-state index < -0.39 is 0 Å². The largest absolute Gasteiger partial charge is 0.361 e. The molecule has 1 aliphatic heterocycles. The number of nitrogens with one attached hydrogen (secondary N) is 1. The molecule has 1 atom stereocenters. The third kappa shape index (κ3) is 3.11. The predicted molar refractivity (Wildman–Crippen MR) is 102 cm³/mol. The smallest absolute Gasteiger partial charge is 0.258 e. The number of nitrogens with zero attached hydrogens (tertiary/aromatic N) is 1. The Hall–Kier alpha value is -1.71. The van der Waals surface area contributed by atoms with E-state index in [4.69, 9.17) is 23.2 Å². The van der Waals surface area contributed by atoms with Crippen LogP contribution in [0.5, 0.6) is 0 Å². The van der Waals surface area contributed by atoms with E-state index >= 15 is 0 Å². The maximum atomic E-state index is 13.3. The van der Waals surface area contributed by atoms with E-state index in [1.807, 2.05) is 41.3 Å². The molecule has 0 aromatic heterocycles. The summed E-state index contributed by atoms with van der Waals surface area (Å²) >= 11 is 12.5. The Morgan fingerprint density at radius 3 is 2.52 bits per heavy atom. The van der Waals surface area contributed by atoms with Gasteiger partial charge in [-0.3, -0.25) is 4.79 Å². The molecule has 1 saturated carbocycles. The van der Waals surface area contributed by atoms with Crippen LogP contribution >= 0.6 is 23.2 Å². The van der Waals surface area contributed by atoms with Gasteiger partial charge in [-0.1, -0.05) is 60.7 Å². The first-order chi connectivity index (χ1) is 12.1. The molecule has 5 heteroatoms. The number of halogens is 2. The number of carbonyl (C=O) groups excluding carboxylic acids is 1. The summed E-state index contributed by atoms with van der Waals surface area (Å²) in [6, 6.07) is 13.4. The molecule has 1 heterocycles. The maximum absolute atomic E-state index is 13.3. The summed E-state index contributed by atoms with van der Waals surface area (Å²) in [6.45, 7) is 0. The van der Waals surface area contributed by atoms with Gasteiger partial charge in [0.15, 0.2) is 0 Å². The lowest BCUT2D eigenvalue weighted by Crippen LogP contribution is -2.49. The van der Waals surface area contributed by atoms with Crippen LogP contribution in [0.25, 0.3) is 0 Å². The Kier molecular flexibility index (Phi) is 4.61. The van der Waals surface area contributed by atoms with Crippen LogP contribution in [0.15, 0.2) is 42.5 Å². The number of carbonyl (C=O) groups is 1. The van der Waals surface area contributed by atoms with Crippen molar-refractivity contribution >= 4 is 34.8 Å². The highest BCUT2D eigenvalue weighted by Crippen LogP contribution is 2.40. The van der Waals surface area contributed by atoms with Gasteiger partial charge in [0.05, 0.1) is 5.56 Å². The predicted octanol–water partition coefficient (Wildman–Crippen LogP) is 5.89. The Balaban J connectivity index is 1.79. The van der Waals surface area contributed by atoms with Crippen LogP contribution in [0.4, 0.5) is 5.69 Å². The van der Waals surface area contributed by atoms with E-state index in [-0.39, 0.29) is 18.1 Å². The zero-order chi connectivity index (χ0) is 17.4. The Bertz CT molecular complexity index is 802. The minimum Gasteiger partial charge on any atom is -0.361 e. The highest BCUT2D eigenvalue weighted by atomic mass is 35.5. The Morgan fingerprint density at radius 2 is 1.76 bits per heavy atom. The third-order valence-electron chi connectivity index (χ3n) is 5.19. The first kappa shape index (κ1) is 16.7. The van der Waals surface area contributed by atoms with Crippen molar-refractivity contribution in [1.29, 1.82) is 0 Å². The van der Waals surface area contributed by atoms with Gasteiger partial charge in [0.1, 0.15) is 6.17 Å². The van der Waals surface area contributed by atoms with E-state index in [1.165, 1.54) is 6.42 Å². The highest BCUT2D eigenvalue weighted by molar-refractivity contribution is 6.35. The topological polar surface area (TPSA) is 32.3 Å². The van der Waals surface area contributed by atoms with Gasteiger partial charge in [-0.2, -0.15) is 0 Å². The second kappa shape index (κ2) is 6.89. The van der Waals surface area contributed by atoms with Gasteiger partial charge in [0, 0.05) is 27.3 Å². The Labute approximate surface area is 157 Å². The zero-order valence-corrected chi connectivity index (χ0v) is 15.4. The summed E-state index contributed by atoms with van der Waals surface area (Å²) in [7, 11) is 0. The monoisotopic (exact) mass is 374 g/mol.